The van der Waals surface area contributed by atoms with Crippen LogP contribution >= 0.6 is 34.2 Å². The van der Waals surface area contributed by atoms with Gasteiger partial charge in [-0.15, -0.1) is 0 Å². The van der Waals surface area contributed by atoms with Gasteiger partial charge in [0.25, 0.3) is 0 Å². The van der Waals surface area contributed by atoms with E-state index in [4.69, 9.17) is 11.6 Å². The van der Waals surface area contributed by atoms with E-state index in [0.717, 1.165) is 6.42 Å². The number of carbonyl (C=O) groups excluding carboxylic acids is 1. The van der Waals surface area contributed by atoms with Gasteiger partial charge < -0.3 is 10.6 Å². The summed E-state index contributed by atoms with van der Waals surface area (Å²) in [7, 11) is 0. The van der Waals surface area contributed by atoms with Gasteiger partial charge >= 0.3 is 0 Å². The molecule has 1 aliphatic heterocycles. The van der Waals surface area contributed by atoms with E-state index in [-0.39, 0.29) is 23.5 Å². The first-order chi connectivity index (χ1) is 8.99. The lowest BCUT2D eigenvalue weighted by Crippen LogP contribution is -2.42. The SMILES string of the molecule is C[C@H]1N[C@H](C(=O)NCc2cccc(Cl)c2F)C[C@H]1I. The fourth-order valence-electron chi connectivity index (χ4n) is 2.09. The molecule has 2 N–H and O–H groups in total. The first-order valence-electron chi connectivity index (χ1n) is 6.09. The van der Waals surface area contributed by atoms with Crippen molar-refractivity contribution in [2.75, 3.05) is 0 Å². The third-order valence-corrected chi connectivity index (χ3v) is 5.15. The summed E-state index contributed by atoms with van der Waals surface area (Å²) in [5.41, 5.74) is 0.401. The lowest BCUT2D eigenvalue weighted by Gasteiger charge is -2.12. The van der Waals surface area contributed by atoms with Crippen LogP contribution < -0.4 is 10.6 Å². The first-order valence-corrected chi connectivity index (χ1v) is 7.72. The standard InChI is InChI=1S/C13H15ClFIN2O/c1-7-10(16)5-11(18-7)13(19)17-6-8-3-2-4-9(14)12(8)15/h2-4,7,10-11,18H,5-6H2,1H3,(H,17,19)/t7-,10-,11+/m1/s1. The van der Waals surface area contributed by atoms with Crippen molar-refractivity contribution in [3.63, 3.8) is 0 Å². The number of hydrogen-bond donors (Lipinski definition) is 2. The van der Waals surface area contributed by atoms with E-state index in [1.807, 2.05) is 0 Å². The fraction of sp³-hybridized carbons (Fsp3) is 0.462. The van der Waals surface area contributed by atoms with Crippen LogP contribution in [0, 0.1) is 5.82 Å². The molecule has 3 nitrogen and oxygen atoms in total. The Kier molecular flexibility index (Phi) is 5.03. The van der Waals surface area contributed by atoms with Gasteiger partial charge in [-0.05, 0) is 19.4 Å². The zero-order chi connectivity index (χ0) is 14.0. The molecule has 0 spiro atoms. The second-order valence-electron chi connectivity index (χ2n) is 4.69. The summed E-state index contributed by atoms with van der Waals surface area (Å²) in [5, 5.41) is 6.05. The molecule has 0 unspecified atom stereocenters. The number of benzene rings is 1. The van der Waals surface area contributed by atoms with Crippen molar-refractivity contribution >= 4 is 40.1 Å². The summed E-state index contributed by atoms with van der Waals surface area (Å²) in [6.45, 7) is 2.21. The molecule has 2 rings (SSSR count). The Morgan fingerprint density at radius 3 is 3.00 bits per heavy atom. The highest BCUT2D eigenvalue weighted by Crippen LogP contribution is 2.21. The molecule has 1 amide bonds. The van der Waals surface area contributed by atoms with Crippen LogP contribution in [0.15, 0.2) is 18.2 Å². The van der Waals surface area contributed by atoms with Gasteiger partial charge in [0.1, 0.15) is 5.82 Å². The highest BCUT2D eigenvalue weighted by atomic mass is 127. The molecule has 1 fully saturated rings. The summed E-state index contributed by atoms with van der Waals surface area (Å²) >= 11 is 8.03. The van der Waals surface area contributed by atoms with Crippen LogP contribution in [0.5, 0.6) is 0 Å². The normalized spacial score (nSPS) is 26.4. The third-order valence-electron chi connectivity index (χ3n) is 3.27. The Hall–Kier alpha value is -0.400. The fourth-order valence-corrected chi connectivity index (χ4v) is 3.00. The van der Waals surface area contributed by atoms with E-state index in [9.17, 15) is 9.18 Å². The van der Waals surface area contributed by atoms with Crippen LogP contribution in [0.3, 0.4) is 0 Å². The summed E-state index contributed by atoms with van der Waals surface area (Å²) in [4.78, 5) is 12.0. The Morgan fingerprint density at radius 1 is 1.63 bits per heavy atom. The van der Waals surface area contributed by atoms with E-state index >= 15 is 0 Å². The quantitative estimate of drug-likeness (QED) is 0.609. The first kappa shape index (κ1) is 15.0. The van der Waals surface area contributed by atoms with Gasteiger partial charge in [0, 0.05) is 22.1 Å². The number of halogens is 3. The van der Waals surface area contributed by atoms with Crippen LogP contribution in [-0.2, 0) is 11.3 Å². The van der Waals surface area contributed by atoms with Crippen LogP contribution in [-0.4, -0.2) is 21.9 Å². The second kappa shape index (κ2) is 6.37. The number of rotatable bonds is 3. The smallest absolute Gasteiger partial charge is 0.237 e. The van der Waals surface area contributed by atoms with Gasteiger partial charge in [-0.25, -0.2) is 4.39 Å². The van der Waals surface area contributed by atoms with Crippen LogP contribution in [0.25, 0.3) is 0 Å². The van der Waals surface area contributed by atoms with Crippen molar-refractivity contribution in [1.29, 1.82) is 0 Å². The molecule has 0 radical (unpaired) electrons. The molecule has 0 bridgehead atoms. The number of carbonyl (C=O) groups is 1. The van der Waals surface area contributed by atoms with Crippen molar-refractivity contribution in [2.45, 2.75) is 35.9 Å². The minimum absolute atomic E-state index is 0.0756. The van der Waals surface area contributed by atoms with Crippen molar-refractivity contribution in [3.8, 4) is 0 Å². The minimum Gasteiger partial charge on any atom is -0.351 e. The van der Waals surface area contributed by atoms with Crippen molar-refractivity contribution in [3.05, 3.63) is 34.6 Å². The number of amides is 1. The molecule has 1 aromatic rings. The second-order valence-corrected chi connectivity index (χ2v) is 6.70. The lowest BCUT2D eigenvalue weighted by molar-refractivity contribution is -0.123. The highest BCUT2D eigenvalue weighted by Gasteiger charge is 2.32. The molecule has 0 saturated carbocycles. The zero-order valence-electron chi connectivity index (χ0n) is 10.4. The zero-order valence-corrected chi connectivity index (χ0v) is 13.3. The van der Waals surface area contributed by atoms with Gasteiger partial charge in [-0.1, -0.05) is 46.3 Å². The lowest BCUT2D eigenvalue weighted by atomic mass is 10.1. The maximum Gasteiger partial charge on any atom is 0.237 e. The van der Waals surface area contributed by atoms with E-state index in [2.05, 4.69) is 40.1 Å². The largest absolute Gasteiger partial charge is 0.351 e. The monoisotopic (exact) mass is 396 g/mol. The molecular weight excluding hydrogens is 382 g/mol. The van der Waals surface area contributed by atoms with Crippen molar-refractivity contribution in [1.82, 2.24) is 10.6 Å². The van der Waals surface area contributed by atoms with E-state index < -0.39 is 5.82 Å². The Labute approximate surface area is 130 Å². The Balaban J connectivity index is 1.92. The topological polar surface area (TPSA) is 41.1 Å². The maximum absolute atomic E-state index is 13.7. The highest BCUT2D eigenvalue weighted by molar-refractivity contribution is 14.1. The van der Waals surface area contributed by atoms with Gasteiger partial charge in [-0.3, -0.25) is 4.79 Å². The van der Waals surface area contributed by atoms with Crippen molar-refractivity contribution in [2.24, 2.45) is 0 Å². The minimum atomic E-state index is -0.469. The molecule has 1 saturated heterocycles. The van der Waals surface area contributed by atoms with Crippen molar-refractivity contribution < 1.29 is 9.18 Å². The van der Waals surface area contributed by atoms with Gasteiger partial charge in [0.2, 0.25) is 5.91 Å². The molecule has 1 heterocycles. The number of hydrogen-bond acceptors (Lipinski definition) is 2. The molecule has 0 aromatic heterocycles. The van der Waals surface area contributed by atoms with Crippen LogP contribution in [0.1, 0.15) is 18.9 Å². The molecule has 1 aliphatic rings. The molecule has 3 atom stereocenters. The molecule has 104 valence electrons. The predicted octanol–water partition coefficient (Wildman–Crippen LogP) is 2.65. The average molecular weight is 397 g/mol. The van der Waals surface area contributed by atoms with Crippen LogP contribution in [0.2, 0.25) is 5.02 Å². The molecule has 0 aliphatic carbocycles. The van der Waals surface area contributed by atoms with E-state index in [1.54, 1.807) is 12.1 Å². The average Bonchev–Trinajstić information content (AvgIpc) is 2.71. The van der Waals surface area contributed by atoms with E-state index in [0.29, 0.717) is 15.5 Å². The molecule has 19 heavy (non-hydrogen) atoms. The molecular formula is C13H15ClFIN2O. The predicted molar refractivity (Wildman–Crippen MR) is 82.1 cm³/mol. The summed E-state index contributed by atoms with van der Waals surface area (Å²) < 4.78 is 14.1. The number of alkyl halides is 1. The molecule has 1 aromatic carbocycles. The number of nitrogens with one attached hydrogen (secondary N) is 2. The summed E-state index contributed by atoms with van der Waals surface area (Å²) in [5.74, 6) is -0.561. The van der Waals surface area contributed by atoms with Crippen LogP contribution in [0.4, 0.5) is 4.39 Å². The summed E-state index contributed by atoms with van der Waals surface area (Å²) in [6, 6.07) is 4.90. The van der Waals surface area contributed by atoms with E-state index in [1.165, 1.54) is 6.07 Å². The Bertz CT molecular complexity index is 476. The van der Waals surface area contributed by atoms with Gasteiger partial charge in [0.15, 0.2) is 0 Å². The molecule has 6 heteroatoms. The maximum atomic E-state index is 13.7. The van der Waals surface area contributed by atoms with Gasteiger partial charge in [0.05, 0.1) is 11.1 Å². The Morgan fingerprint density at radius 2 is 2.37 bits per heavy atom. The van der Waals surface area contributed by atoms with Gasteiger partial charge in [-0.2, -0.15) is 0 Å². The summed E-state index contributed by atoms with van der Waals surface area (Å²) in [6.07, 6.45) is 0.797. The third kappa shape index (κ3) is 3.58.